The van der Waals surface area contributed by atoms with Gasteiger partial charge in [0, 0.05) is 17.8 Å². The molecule has 2 rings (SSSR count). The summed E-state index contributed by atoms with van der Waals surface area (Å²) in [6.45, 7) is 9.05. The summed E-state index contributed by atoms with van der Waals surface area (Å²) in [4.78, 5) is 0. The molecule has 0 atom stereocenters. The van der Waals surface area contributed by atoms with Gasteiger partial charge in [0.1, 0.15) is 0 Å². The summed E-state index contributed by atoms with van der Waals surface area (Å²) in [5.41, 5.74) is 11.6. The molecule has 2 aromatic rings. The maximum absolute atomic E-state index is 5.79. The Balaban J connectivity index is 2.63. The van der Waals surface area contributed by atoms with Crippen LogP contribution in [0.3, 0.4) is 0 Å². The van der Waals surface area contributed by atoms with Crippen molar-refractivity contribution in [2.75, 3.05) is 0 Å². The molecule has 0 unspecified atom stereocenters. The second-order valence-electron chi connectivity index (χ2n) is 4.98. The highest BCUT2D eigenvalue weighted by molar-refractivity contribution is 5.45. The third-order valence-corrected chi connectivity index (χ3v) is 3.43. The van der Waals surface area contributed by atoms with Gasteiger partial charge in [-0.05, 0) is 31.4 Å². The number of rotatable bonds is 3. The van der Waals surface area contributed by atoms with Gasteiger partial charge in [0.15, 0.2) is 0 Å². The molecule has 1 aromatic carbocycles. The third kappa shape index (κ3) is 2.06. The van der Waals surface area contributed by atoms with Crippen LogP contribution in [0.5, 0.6) is 0 Å². The van der Waals surface area contributed by atoms with E-state index in [-0.39, 0.29) is 0 Å². The van der Waals surface area contributed by atoms with E-state index in [1.165, 1.54) is 5.56 Å². The van der Waals surface area contributed by atoms with E-state index in [1.807, 2.05) is 11.6 Å². The molecule has 18 heavy (non-hydrogen) atoms. The standard InChI is InChI=1S/C15H21N3/c1-10(2)13-7-5-6-8-15(13)18-12(4)14(9-16)11(3)17-18/h5-8,10H,9,16H2,1-4H3. The summed E-state index contributed by atoms with van der Waals surface area (Å²) in [6.07, 6.45) is 0. The van der Waals surface area contributed by atoms with Crippen LogP contribution in [0.25, 0.3) is 5.69 Å². The molecule has 0 aliphatic heterocycles. The SMILES string of the molecule is Cc1nn(-c2ccccc2C(C)C)c(C)c1CN. The zero-order chi connectivity index (χ0) is 13.3. The summed E-state index contributed by atoms with van der Waals surface area (Å²) < 4.78 is 2.02. The van der Waals surface area contributed by atoms with E-state index in [2.05, 4.69) is 50.1 Å². The lowest BCUT2D eigenvalue weighted by molar-refractivity contribution is 0.785. The van der Waals surface area contributed by atoms with Gasteiger partial charge in [-0.15, -0.1) is 0 Å². The lowest BCUT2D eigenvalue weighted by Crippen LogP contribution is -2.05. The van der Waals surface area contributed by atoms with Crippen molar-refractivity contribution in [2.24, 2.45) is 5.73 Å². The molecule has 0 fully saturated rings. The zero-order valence-electron chi connectivity index (χ0n) is 11.6. The number of aryl methyl sites for hydroxylation is 1. The molecule has 0 radical (unpaired) electrons. The van der Waals surface area contributed by atoms with Crippen LogP contribution in [0.1, 0.15) is 42.3 Å². The van der Waals surface area contributed by atoms with Crippen molar-refractivity contribution in [3.8, 4) is 5.69 Å². The second-order valence-corrected chi connectivity index (χ2v) is 4.98. The molecule has 0 saturated carbocycles. The minimum atomic E-state index is 0.478. The first kappa shape index (κ1) is 12.8. The Bertz CT molecular complexity index is 553. The lowest BCUT2D eigenvalue weighted by Gasteiger charge is -2.14. The Morgan fingerprint density at radius 3 is 2.44 bits per heavy atom. The van der Waals surface area contributed by atoms with Crippen LogP contribution >= 0.6 is 0 Å². The number of hydrogen-bond acceptors (Lipinski definition) is 2. The van der Waals surface area contributed by atoms with Crippen molar-refractivity contribution in [2.45, 2.75) is 40.2 Å². The highest BCUT2D eigenvalue weighted by Crippen LogP contribution is 2.25. The quantitative estimate of drug-likeness (QED) is 0.900. The maximum atomic E-state index is 5.79. The zero-order valence-corrected chi connectivity index (χ0v) is 11.6. The van der Waals surface area contributed by atoms with Gasteiger partial charge in [-0.25, -0.2) is 4.68 Å². The Kier molecular flexibility index (Phi) is 3.53. The molecule has 1 heterocycles. The van der Waals surface area contributed by atoms with Crippen molar-refractivity contribution >= 4 is 0 Å². The van der Waals surface area contributed by atoms with Crippen LogP contribution in [0.2, 0.25) is 0 Å². The molecule has 0 aliphatic rings. The summed E-state index contributed by atoms with van der Waals surface area (Å²) in [5.74, 6) is 0.478. The fraction of sp³-hybridized carbons (Fsp3) is 0.400. The van der Waals surface area contributed by atoms with Gasteiger partial charge < -0.3 is 5.73 Å². The Hall–Kier alpha value is -1.61. The average molecular weight is 243 g/mol. The van der Waals surface area contributed by atoms with Gasteiger partial charge in [0.25, 0.3) is 0 Å². The van der Waals surface area contributed by atoms with E-state index in [9.17, 15) is 0 Å². The fourth-order valence-electron chi connectivity index (χ4n) is 2.37. The number of benzene rings is 1. The minimum Gasteiger partial charge on any atom is -0.326 e. The first-order chi connectivity index (χ1) is 8.56. The van der Waals surface area contributed by atoms with Gasteiger partial charge in [-0.1, -0.05) is 32.0 Å². The lowest BCUT2D eigenvalue weighted by atomic mass is 10.0. The first-order valence-corrected chi connectivity index (χ1v) is 6.40. The third-order valence-electron chi connectivity index (χ3n) is 3.43. The Morgan fingerprint density at radius 1 is 1.22 bits per heavy atom. The summed E-state index contributed by atoms with van der Waals surface area (Å²) in [6, 6.07) is 8.42. The van der Waals surface area contributed by atoms with E-state index >= 15 is 0 Å². The highest BCUT2D eigenvalue weighted by Gasteiger charge is 2.14. The van der Waals surface area contributed by atoms with E-state index < -0.39 is 0 Å². The van der Waals surface area contributed by atoms with Crippen LogP contribution in [0, 0.1) is 13.8 Å². The fourth-order valence-corrected chi connectivity index (χ4v) is 2.37. The van der Waals surface area contributed by atoms with Crippen LogP contribution in [0.15, 0.2) is 24.3 Å². The Labute approximate surface area is 109 Å². The molecule has 2 N–H and O–H groups in total. The van der Waals surface area contributed by atoms with Gasteiger partial charge in [0.2, 0.25) is 0 Å². The largest absolute Gasteiger partial charge is 0.326 e. The smallest absolute Gasteiger partial charge is 0.0683 e. The summed E-state index contributed by atoms with van der Waals surface area (Å²) >= 11 is 0. The van der Waals surface area contributed by atoms with E-state index in [4.69, 9.17) is 5.73 Å². The number of nitrogens with two attached hydrogens (primary N) is 1. The molecule has 0 aliphatic carbocycles. The highest BCUT2D eigenvalue weighted by atomic mass is 15.3. The van der Waals surface area contributed by atoms with Crippen molar-refractivity contribution in [3.05, 3.63) is 46.8 Å². The van der Waals surface area contributed by atoms with Crippen LogP contribution < -0.4 is 5.73 Å². The monoisotopic (exact) mass is 243 g/mol. The molecule has 3 nitrogen and oxygen atoms in total. The number of hydrogen-bond donors (Lipinski definition) is 1. The normalized spacial score (nSPS) is 11.2. The first-order valence-electron chi connectivity index (χ1n) is 6.40. The number of aromatic nitrogens is 2. The van der Waals surface area contributed by atoms with Crippen molar-refractivity contribution in [1.29, 1.82) is 0 Å². The van der Waals surface area contributed by atoms with Crippen LogP contribution in [0.4, 0.5) is 0 Å². The van der Waals surface area contributed by atoms with Crippen molar-refractivity contribution in [3.63, 3.8) is 0 Å². The minimum absolute atomic E-state index is 0.478. The molecule has 0 bridgehead atoms. The number of nitrogens with zero attached hydrogens (tertiary/aromatic N) is 2. The molecule has 0 saturated heterocycles. The molecule has 0 spiro atoms. The second kappa shape index (κ2) is 4.94. The van der Waals surface area contributed by atoms with E-state index in [0.717, 1.165) is 22.6 Å². The molecular weight excluding hydrogens is 222 g/mol. The topological polar surface area (TPSA) is 43.8 Å². The molecule has 1 aromatic heterocycles. The maximum Gasteiger partial charge on any atom is 0.0683 e. The summed E-state index contributed by atoms with van der Waals surface area (Å²) in [7, 11) is 0. The van der Waals surface area contributed by atoms with Crippen molar-refractivity contribution in [1.82, 2.24) is 9.78 Å². The van der Waals surface area contributed by atoms with E-state index in [1.54, 1.807) is 0 Å². The van der Waals surface area contributed by atoms with Gasteiger partial charge >= 0.3 is 0 Å². The average Bonchev–Trinajstić information content (AvgIpc) is 2.64. The molecule has 96 valence electrons. The number of para-hydroxylation sites is 1. The molecular formula is C15H21N3. The van der Waals surface area contributed by atoms with Crippen molar-refractivity contribution < 1.29 is 0 Å². The molecule has 3 heteroatoms. The van der Waals surface area contributed by atoms with Gasteiger partial charge in [-0.3, -0.25) is 0 Å². The predicted octanol–water partition coefficient (Wildman–Crippen LogP) is 3.07. The van der Waals surface area contributed by atoms with Gasteiger partial charge in [0.05, 0.1) is 11.4 Å². The summed E-state index contributed by atoms with van der Waals surface area (Å²) in [5, 5.41) is 4.63. The van der Waals surface area contributed by atoms with E-state index in [0.29, 0.717) is 12.5 Å². The Morgan fingerprint density at radius 2 is 1.89 bits per heavy atom. The van der Waals surface area contributed by atoms with Crippen LogP contribution in [-0.2, 0) is 6.54 Å². The molecule has 0 amide bonds. The van der Waals surface area contributed by atoms with Gasteiger partial charge in [-0.2, -0.15) is 5.10 Å². The predicted molar refractivity (Wildman–Crippen MR) is 75.0 cm³/mol. The van der Waals surface area contributed by atoms with Crippen LogP contribution in [-0.4, -0.2) is 9.78 Å².